The average molecular weight is 421 g/mol. The molecule has 0 atom stereocenters. The third-order valence-corrected chi connectivity index (χ3v) is 5.73. The lowest BCUT2D eigenvalue weighted by Crippen LogP contribution is -2.40. The van der Waals surface area contributed by atoms with E-state index in [0.717, 1.165) is 5.38 Å². The van der Waals surface area contributed by atoms with Crippen LogP contribution in [0.25, 0.3) is 0 Å². The van der Waals surface area contributed by atoms with E-state index in [1.54, 1.807) is 27.7 Å². The molecule has 2 aromatic rings. The molecule has 0 saturated carbocycles. The first-order valence-corrected chi connectivity index (χ1v) is 10.0. The number of carbonyl (C=O) groups excluding carboxylic acids is 1. The maximum absolute atomic E-state index is 12.6. The van der Waals surface area contributed by atoms with Crippen molar-refractivity contribution in [1.29, 1.82) is 0 Å². The smallest absolute Gasteiger partial charge is 0.298 e. The second-order valence-corrected chi connectivity index (χ2v) is 9.36. The number of anilines is 1. The number of carbonyl (C=O) groups is 1. The molecule has 148 valence electrons. The number of hydrogen-bond acceptors (Lipinski definition) is 5. The number of aryl methyl sites for hydroxylation is 1. The minimum Gasteiger partial charge on any atom is -0.298 e. The molecule has 0 radical (unpaired) electrons. The topological polar surface area (TPSA) is 88.2 Å². The Labute approximate surface area is 158 Å². The summed E-state index contributed by atoms with van der Waals surface area (Å²) in [4.78, 5) is 15.6. The van der Waals surface area contributed by atoms with Crippen LogP contribution in [0.3, 0.4) is 0 Å². The summed E-state index contributed by atoms with van der Waals surface area (Å²) in [6.07, 6.45) is -4.61. The number of thiazole rings is 1. The van der Waals surface area contributed by atoms with Gasteiger partial charge in [0.2, 0.25) is 10.0 Å². The maximum Gasteiger partial charge on any atom is 0.434 e. The normalized spacial score (nSPS) is 12.9. The molecule has 11 heteroatoms. The molecular weight excluding hydrogens is 403 g/mol. The minimum atomic E-state index is -4.61. The number of nitrogens with zero attached hydrogens (tertiary/aromatic N) is 1. The lowest BCUT2D eigenvalue weighted by Gasteiger charge is -2.20. The average Bonchev–Trinajstić information content (AvgIpc) is 2.93. The van der Waals surface area contributed by atoms with Crippen molar-refractivity contribution >= 4 is 32.4 Å². The predicted molar refractivity (Wildman–Crippen MR) is 96.3 cm³/mol. The number of sulfonamides is 1. The molecular formula is C16H18F3N3O3S2. The van der Waals surface area contributed by atoms with Gasteiger partial charge in [0.15, 0.2) is 10.8 Å². The molecule has 6 nitrogen and oxygen atoms in total. The molecule has 0 fully saturated rings. The lowest BCUT2D eigenvalue weighted by molar-refractivity contribution is -0.140. The fourth-order valence-corrected chi connectivity index (χ4v) is 4.26. The Bertz CT molecular complexity index is 961. The summed E-state index contributed by atoms with van der Waals surface area (Å²) in [6.45, 7) is 6.61. The first-order chi connectivity index (χ1) is 12.2. The Hall–Kier alpha value is -1.98. The highest BCUT2D eigenvalue weighted by atomic mass is 32.2. The van der Waals surface area contributed by atoms with Crippen molar-refractivity contribution in [2.45, 2.75) is 44.3 Å². The third-order valence-electron chi connectivity index (χ3n) is 3.22. The number of hydrogen-bond donors (Lipinski definition) is 2. The monoisotopic (exact) mass is 421 g/mol. The number of nitrogens with one attached hydrogen (secondary N) is 2. The molecule has 0 bridgehead atoms. The first-order valence-electron chi connectivity index (χ1n) is 7.68. The van der Waals surface area contributed by atoms with Crippen LogP contribution in [-0.4, -0.2) is 24.8 Å². The van der Waals surface area contributed by atoms with Gasteiger partial charge < -0.3 is 0 Å². The summed E-state index contributed by atoms with van der Waals surface area (Å²) >= 11 is 0.629. The minimum absolute atomic E-state index is 0.0237. The molecule has 1 amide bonds. The summed E-state index contributed by atoms with van der Waals surface area (Å²) in [5, 5.41) is 2.83. The van der Waals surface area contributed by atoms with Crippen LogP contribution in [0.5, 0.6) is 0 Å². The maximum atomic E-state index is 12.6. The van der Waals surface area contributed by atoms with Crippen LogP contribution in [0.15, 0.2) is 28.5 Å². The van der Waals surface area contributed by atoms with E-state index >= 15 is 0 Å². The molecule has 0 aliphatic carbocycles. The van der Waals surface area contributed by atoms with Crippen molar-refractivity contribution in [2.75, 3.05) is 5.32 Å². The Morgan fingerprint density at radius 1 is 1.19 bits per heavy atom. The summed E-state index contributed by atoms with van der Waals surface area (Å²) in [7, 11) is -3.87. The molecule has 0 spiro atoms. The summed E-state index contributed by atoms with van der Waals surface area (Å²) < 4.78 is 65.1. The van der Waals surface area contributed by atoms with Crippen molar-refractivity contribution in [2.24, 2.45) is 0 Å². The predicted octanol–water partition coefficient (Wildman–Crippen LogP) is 3.80. The van der Waals surface area contributed by atoms with Crippen LogP contribution in [0, 0.1) is 6.92 Å². The molecule has 0 aliphatic rings. The van der Waals surface area contributed by atoms with Gasteiger partial charge in [-0.25, -0.2) is 18.1 Å². The number of halogens is 3. The number of amides is 1. The molecule has 27 heavy (non-hydrogen) atoms. The number of rotatable bonds is 4. The van der Waals surface area contributed by atoms with Crippen LogP contribution in [0.2, 0.25) is 0 Å². The molecule has 1 aromatic heterocycles. The molecule has 1 aromatic carbocycles. The number of aromatic nitrogens is 1. The van der Waals surface area contributed by atoms with Crippen LogP contribution >= 0.6 is 11.3 Å². The molecule has 0 aliphatic heterocycles. The quantitative estimate of drug-likeness (QED) is 0.786. The Kier molecular flexibility index (Phi) is 5.69. The van der Waals surface area contributed by atoms with Gasteiger partial charge in [-0.05, 0) is 45.4 Å². The van der Waals surface area contributed by atoms with Gasteiger partial charge in [-0.3, -0.25) is 10.1 Å². The molecule has 0 saturated heterocycles. The zero-order valence-corrected chi connectivity index (χ0v) is 16.6. The van der Waals surface area contributed by atoms with E-state index in [0.29, 0.717) is 16.9 Å². The van der Waals surface area contributed by atoms with E-state index in [9.17, 15) is 26.4 Å². The van der Waals surface area contributed by atoms with Gasteiger partial charge in [-0.1, -0.05) is 6.07 Å². The zero-order valence-electron chi connectivity index (χ0n) is 14.9. The van der Waals surface area contributed by atoms with E-state index in [1.807, 2.05) is 0 Å². The van der Waals surface area contributed by atoms with E-state index in [1.165, 1.54) is 18.2 Å². The largest absolute Gasteiger partial charge is 0.434 e. The van der Waals surface area contributed by atoms with Crippen molar-refractivity contribution in [3.05, 3.63) is 40.4 Å². The Balaban J connectivity index is 2.30. The SMILES string of the molecule is Cc1ccc(S(=O)(=O)NC(C)(C)C)cc1C(=O)Nc1nc(C(F)(F)F)cs1. The van der Waals surface area contributed by atoms with Gasteiger partial charge >= 0.3 is 6.18 Å². The summed E-state index contributed by atoms with van der Waals surface area (Å²) in [5.41, 5.74) is -1.34. The van der Waals surface area contributed by atoms with Gasteiger partial charge in [0, 0.05) is 16.5 Å². The zero-order chi connectivity index (χ0) is 20.6. The Morgan fingerprint density at radius 3 is 2.33 bits per heavy atom. The Morgan fingerprint density at radius 2 is 1.81 bits per heavy atom. The highest BCUT2D eigenvalue weighted by molar-refractivity contribution is 7.89. The highest BCUT2D eigenvalue weighted by Gasteiger charge is 2.34. The fraction of sp³-hybridized carbons (Fsp3) is 0.375. The van der Waals surface area contributed by atoms with Crippen LogP contribution in [-0.2, 0) is 16.2 Å². The number of alkyl halides is 3. The lowest BCUT2D eigenvalue weighted by atomic mass is 10.1. The molecule has 1 heterocycles. The summed E-state index contributed by atoms with van der Waals surface area (Å²) in [6, 6.07) is 3.98. The third kappa shape index (κ3) is 5.50. The van der Waals surface area contributed by atoms with Gasteiger partial charge in [0.05, 0.1) is 4.90 Å². The van der Waals surface area contributed by atoms with E-state index in [-0.39, 0.29) is 15.6 Å². The van der Waals surface area contributed by atoms with Crippen LogP contribution in [0.4, 0.5) is 18.3 Å². The first kappa shape index (κ1) is 21.3. The fourth-order valence-electron chi connectivity index (χ4n) is 2.10. The van der Waals surface area contributed by atoms with Gasteiger partial charge in [-0.15, -0.1) is 11.3 Å². The van der Waals surface area contributed by atoms with Gasteiger partial charge in [0.25, 0.3) is 5.91 Å². The second kappa shape index (κ2) is 7.21. The van der Waals surface area contributed by atoms with E-state index in [4.69, 9.17) is 0 Å². The van der Waals surface area contributed by atoms with Crippen LogP contribution < -0.4 is 10.0 Å². The van der Waals surface area contributed by atoms with Gasteiger partial charge in [0.1, 0.15) is 0 Å². The highest BCUT2D eigenvalue weighted by Crippen LogP contribution is 2.31. The summed E-state index contributed by atoms with van der Waals surface area (Å²) in [5.74, 6) is -0.747. The molecule has 2 rings (SSSR count). The van der Waals surface area contributed by atoms with E-state index < -0.39 is 33.3 Å². The van der Waals surface area contributed by atoms with E-state index in [2.05, 4.69) is 15.0 Å². The molecule has 0 unspecified atom stereocenters. The molecule has 2 N–H and O–H groups in total. The van der Waals surface area contributed by atoms with Crippen molar-refractivity contribution in [3.63, 3.8) is 0 Å². The second-order valence-electron chi connectivity index (χ2n) is 6.82. The standard InChI is InChI=1S/C16H18F3N3O3S2/c1-9-5-6-10(27(24,25)22-15(2,3)4)7-11(9)13(23)21-14-20-12(8-26-14)16(17,18)19/h5-8,22H,1-4H3,(H,20,21,23). The van der Waals surface area contributed by atoms with Crippen molar-refractivity contribution in [1.82, 2.24) is 9.71 Å². The van der Waals surface area contributed by atoms with Crippen LogP contribution in [0.1, 0.15) is 42.4 Å². The van der Waals surface area contributed by atoms with Crippen molar-refractivity contribution in [3.8, 4) is 0 Å². The number of benzene rings is 1. The van der Waals surface area contributed by atoms with Gasteiger partial charge in [-0.2, -0.15) is 13.2 Å². The van der Waals surface area contributed by atoms with Crippen molar-refractivity contribution < 1.29 is 26.4 Å².